The van der Waals surface area contributed by atoms with E-state index in [1.54, 1.807) is 20.8 Å². The van der Waals surface area contributed by atoms with E-state index in [2.05, 4.69) is 0 Å². The number of carboxylic acid groups (broad SMARTS) is 1. The molecule has 1 amide bonds. The Bertz CT molecular complexity index is 290. The summed E-state index contributed by atoms with van der Waals surface area (Å²) in [5, 5.41) is 17.7. The summed E-state index contributed by atoms with van der Waals surface area (Å²) in [6.07, 6.45) is -1.87. The number of hydrogen-bond acceptors (Lipinski definition) is 4. The van der Waals surface area contributed by atoms with Crippen LogP contribution in [0.2, 0.25) is 0 Å². The van der Waals surface area contributed by atoms with Gasteiger partial charge in [-0.15, -0.1) is 0 Å². The van der Waals surface area contributed by atoms with E-state index in [1.807, 2.05) is 0 Å². The Hall–Kier alpha value is -1.30. The fourth-order valence-corrected chi connectivity index (χ4v) is 1.39. The molecule has 92 valence electrons. The van der Waals surface area contributed by atoms with Crippen molar-refractivity contribution < 1.29 is 24.5 Å². The van der Waals surface area contributed by atoms with E-state index in [9.17, 15) is 14.7 Å². The lowest BCUT2D eigenvalue weighted by Gasteiger charge is -2.40. The standard InChI is InChI=1S/C10H17NO5/c1-10(2,3)16-9(15)11-4-6(5-11)7(12)8(13)14/h6-7,12H,4-5H2,1-3H3,(H,13,14). The van der Waals surface area contributed by atoms with Crippen molar-refractivity contribution in [1.29, 1.82) is 0 Å². The minimum Gasteiger partial charge on any atom is -0.479 e. The Morgan fingerprint density at radius 1 is 1.38 bits per heavy atom. The summed E-state index contributed by atoms with van der Waals surface area (Å²) < 4.78 is 5.09. The van der Waals surface area contributed by atoms with Gasteiger partial charge < -0.3 is 19.8 Å². The van der Waals surface area contributed by atoms with Crippen LogP contribution >= 0.6 is 0 Å². The summed E-state index contributed by atoms with van der Waals surface area (Å²) >= 11 is 0. The molecule has 2 N–H and O–H groups in total. The smallest absolute Gasteiger partial charge is 0.410 e. The maximum Gasteiger partial charge on any atom is 0.410 e. The number of carbonyl (C=O) groups excluding carboxylic acids is 1. The van der Waals surface area contributed by atoms with Crippen LogP contribution in [0.3, 0.4) is 0 Å². The van der Waals surface area contributed by atoms with E-state index in [0.717, 1.165) is 0 Å². The van der Waals surface area contributed by atoms with Crippen molar-refractivity contribution >= 4 is 12.1 Å². The molecule has 0 aromatic heterocycles. The summed E-state index contributed by atoms with van der Waals surface area (Å²) in [6, 6.07) is 0. The summed E-state index contributed by atoms with van der Waals surface area (Å²) in [5.41, 5.74) is -0.562. The zero-order valence-electron chi connectivity index (χ0n) is 9.64. The van der Waals surface area contributed by atoms with Crippen molar-refractivity contribution in [2.75, 3.05) is 13.1 Å². The highest BCUT2D eigenvalue weighted by atomic mass is 16.6. The topological polar surface area (TPSA) is 87.1 Å². The van der Waals surface area contributed by atoms with Gasteiger partial charge >= 0.3 is 12.1 Å². The molecule has 1 rings (SSSR count). The summed E-state index contributed by atoms with van der Waals surface area (Å²) in [7, 11) is 0. The van der Waals surface area contributed by atoms with Crippen molar-refractivity contribution in [3.63, 3.8) is 0 Å². The van der Waals surface area contributed by atoms with Gasteiger partial charge in [-0.2, -0.15) is 0 Å². The van der Waals surface area contributed by atoms with Crippen molar-refractivity contribution in [2.24, 2.45) is 5.92 Å². The van der Waals surface area contributed by atoms with E-state index in [4.69, 9.17) is 9.84 Å². The first-order valence-electron chi connectivity index (χ1n) is 5.09. The fourth-order valence-electron chi connectivity index (χ4n) is 1.39. The molecule has 1 aliphatic heterocycles. The highest BCUT2D eigenvalue weighted by Gasteiger charge is 2.40. The van der Waals surface area contributed by atoms with Gasteiger partial charge in [0.2, 0.25) is 0 Å². The highest BCUT2D eigenvalue weighted by Crippen LogP contribution is 2.22. The molecule has 0 aliphatic carbocycles. The van der Waals surface area contributed by atoms with Crippen LogP contribution in [-0.2, 0) is 9.53 Å². The lowest BCUT2D eigenvalue weighted by Crippen LogP contribution is -2.56. The Morgan fingerprint density at radius 3 is 2.25 bits per heavy atom. The largest absolute Gasteiger partial charge is 0.479 e. The minimum absolute atomic E-state index is 0.225. The first kappa shape index (κ1) is 12.8. The molecule has 1 aliphatic rings. The Labute approximate surface area is 93.8 Å². The molecule has 0 aromatic carbocycles. The van der Waals surface area contributed by atoms with E-state index in [-0.39, 0.29) is 13.1 Å². The molecule has 16 heavy (non-hydrogen) atoms. The number of ether oxygens (including phenoxy) is 1. The van der Waals surface area contributed by atoms with Gasteiger partial charge in [0.05, 0.1) is 0 Å². The minimum atomic E-state index is -1.40. The van der Waals surface area contributed by atoms with E-state index >= 15 is 0 Å². The molecule has 6 heteroatoms. The van der Waals surface area contributed by atoms with Crippen molar-refractivity contribution in [3.05, 3.63) is 0 Å². The number of rotatable bonds is 2. The van der Waals surface area contributed by atoms with Gasteiger partial charge in [0.1, 0.15) is 5.60 Å². The van der Waals surface area contributed by atoms with Gasteiger partial charge in [-0.1, -0.05) is 0 Å². The number of nitrogens with zero attached hydrogens (tertiary/aromatic N) is 1. The van der Waals surface area contributed by atoms with Crippen LogP contribution in [0.25, 0.3) is 0 Å². The van der Waals surface area contributed by atoms with Gasteiger partial charge in [0.15, 0.2) is 6.10 Å². The second-order valence-corrected chi connectivity index (χ2v) is 4.93. The maximum absolute atomic E-state index is 11.5. The van der Waals surface area contributed by atoms with Crippen LogP contribution in [0.4, 0.5) is 4.79 Å². The average molecular weight is 231 g/mol. The van der Waals surface area contributed by atoms with Crippen molar-refractivity contribution in [1.82, 2.24) is 4.90 Å². The normalized spacial score (nSPS) is 18.9. The average Bonchev–Trinajstić information content (AvgIpc) is 1.96. The molecule has 0 spiro atoms. The lowest BCUT2D eigenvalue weighted by molar-refractivity contribution is -0.153. The Morgan fingerprint density at radius 2 is 1.88 bits per heavy atom. The molecule has 0 saturated carbocycles. The van der Waals surface area contributed by atoms with Crippen LogP contribution in [0.5, 0.6) is 0 Å². The monoisotopic (exact) mass is 231 g/mol. The van der Waals surface area contributed by atoms with Gasteiger partial charge in [-0.3, -0.25) is 0 Å². The predicted octanol–water partition coefficient (Wildman–Crippen LogP) is 0.299. The fraction of sp³-hybridized carbons (Fsp3) is 0.800. The van der Waals surface area contributed by atoms with Crippen LogP contribution < -0.4 is 0 Å². The van der Waals surface area contributed by atoms with E-state index in [0.29, 0.717) is 0 Å². The maximum atomic E-state index is 11.5. The summed E-state index contributed by atoms with van der Waals surface area (Å²) in [5.74, 6) is -1.65. The van der Waals surface area contributed by atoms with Crippen molar-refractivity contribution in [3.8, 4) is 0 Å². The molecule has 1 heterocycles. The van der Waals surface area contributed by atoms with Gasteiger partial charge in [-0.05, 0) is 20.8 Å². The molecule has 0 aromatic rings. The number of amides is 1. The SMILES string of the molecule is CC(C)(C)OC(=O)N1CC(C(O)C(=O)O)C1. The molecule has 1 atom stereocenters. The first-order valence-corrected chi connectivity index (χ1v) is 5.09. The van der Waals surface area contributed by atoms with Crippen molar-refractivity contribution in [2.45, 2.75) is 32.5 Å². The third kappa shape index (κ3) is 3.10. The molecular weight excluding hydrogens is 214 g/mol. The number of aliphatic hydroxyl groups excluding tert-OH is 1. The Balaban J connectivity index is 2.36. The zero-order valence-corrected chi connectivity index (χ0v) is 9.64. The van der Waals surface area contributed by atoms with Crippen LogP contribution in [0, 0.1) is 5.92 Å². The van der Waals surface area contributed by atoms with Crippen LogP contribution in [0.1, 0.15) is 20.8 Å². The number of carbonyl (C=O) groups is 2. The number of likely N-dealkylation sites (tertiary alicyclic amines) is 1. The first-order chi connectivity index (χ1) is 7.20. The van der Waals surface area contributed by atoms with Gasteiger partial charge in [-0.25, -0.2) is 9.59 Å². The Kier molecular flexibility index (Phi) is 3.42. The lowest BCUT2D eigenvalue weighted by atomic mass is 9.94. The molecule has 1 saturated heterocycles. The van der Waals surface area contributed by atoms with Crippen LogP contribution in [0.15, 0.2) is 0 Å². The second-order valence-electron chi connectivity index (χ2n) is 4.93. The quantitative estimate of drug-likeness (QED) is 0.713. The number of aliphatic hydroxyl groups is 1. The summed E-state index contributed by atoms with van der Waals surface area (Å²) in [4.78, 5) is 23.3. The third-order valence-corrected chi connectivity index (χ3v) is 2.26. The van der Waals surface area contributed by atoms with Crippen LogP contribution in [-0.4, -0.2) is 52.0 Å². The molecule has 1 unspecified atom stereocenters. The summed E-state index contributed by atoms with van der Waals surface area (Å²) in [6.45, 7) is 5.72. The number of aliphatic carboxylic acids is 1. The van der Waals surface area contributed by atoms with Gasteiger partial charge in [0, 0.05) is 19.0 Å². The van der Waals surface area contributed by atoms with E-state index in [1.165, 1.54) is 4.90 Å². The molecule has 6 nitrogen and oxygen atoms in total. The molecule has 0 bridgehead atoms. The highest BCUT2D eigenvalue weighted by molar-refractivity contribution is 5.74. The van der Waals surface area contributed by atoms with Gasteiger partial charge in [0.25, 0.3) is 0 Å². The second kappa shape index (κ2) is 4.29. The molecule has 1 fully saturated rings. The van der Waals surface area contributed by atoms with E-state index < -0.39 is 29.7 Å². The number of hydrogen-bond donors (Lipinski definition) is 2. The molecular formula is C10H17NO5. The molecule has 0 radical (unpaired) electrons. The number of carboxylic acids is 1. The zero-order chi connectivity index (χ0) is 12.5. The predicted molar refractivity (Wildman–Crippen MR) is 54.9 cm³/mol. The third-order valence-electron chi connectivity index (χ3n) is 2.26.